The molecule has 0 radical (unpaired) electrons. The van der Waals surface area contributed by atoms with Crippen LogP contribution in [0, 0.1) is 13.8 Å². The molecule has 1 saturated carbocycles. The zero-order valence-corrected chi connectivity index (χ0v) is 15.5. The van der Waals surface area contributed by atoms with Gasteiger partial charge in [-0.15, -0.1) is 22.9 Å². The van der Waals surface area contributed by atoms with Gasteiger partial charge in [0.05, 0.1) is 5.69 Å². The van der Waals surface area contributed by atoms with Gasteiger partial charge in [0.25, 0.3) is 0 Å². The van der Waals surface area contributed by atoms with Crippen molar-refractivity contribution >= 4 is 39.9 Å². The standard InChI is InChI=1S/C16H24ClN3O2S/c1-10(17)15(22)20(13-7-5-4-6-8-13)9-14(21)19-16-18-11(2)12(3)23-16/h10,13H,4-9H2,1-3H3,(H,18,19,21). The number of hydrogen-bond donors (Lipinski definition) is 1. The molecule has 1 aromatic rings. The number of aryl methyl sites for hydroxylation is 2. The molecule has 0 aromatic carbocycles. The van der Waals surface area contributed by atoms with Crippen molar-refractivity contribution in [3.8, 4) is 0 Å². The summed E-state index contributed by atoms with van der Waals surface area (Å²) in [6.07, 6.45) is 5.27. The van der Waals surface area contributed by atoms with Gasteiger partial charge in [0.2, 0.25) is 11.8 Å². The normalized spacial score (nSPS) is 16.9. The average molecular weight is 358 g/mol. The maximum atomic E-state index is 12.4. The van der Waals surface area contributed by atoms with Gasteiger partial charge in [0, 0.05) is 10.9 Å². The third-order valence-electron chi connectivity index (χ3n) is 4.23. The van der Waals surface area contributed by atoms with Crippen LogP contribution < -0.4 is 5.32 Å². The van der Waals surface area contributed by atoms with Crippen LogP contribution in [0.5, 0.6) is 0 Å². The summed E-state index contributed by atoms with van der Waals surface area (Å²) < 4.78 is 0. The predicted octanol–water partition coefficient (Wildman–Crippen LogP) is 3.49. The topological polar surface area (TPSA) is 62.3 Å². The number of hydrogen-bond acceptors (Lipinski definition) is 4. The van der Waals surface area contributed by atoms with E-state index < -0.39 is 5.38 Å². The Balaban J connectivity index is 2.03. The molecule has 1 aliphatic rings. The Hall–Kier alpha value is -1.14. The second-order valence-corrected chi connectivity index (χ2v) is 7.94. The van der Waals surface area contributed by atoms with Gasteiger partial charge in [-0.05, 0) is 33.6 Å². The van der Waals surface area contributed by atoms with Gasteiger partial charge in [-0.25, -0.2) is 4.98 Å². The predicted molar refractivity (Wildman–Crippen MR) is 94.1 cm³/mol. The number of anilines is 1. The Kier molecular flexibility index (Phi) is 6.41. The summed E-state index contributed by atoms with van der Waals surface area (Å²) in [4.78, 5) is 31.8. The van der Waals surface area contributed by atoms with E-state index in [-0.39, 0.29) is 24.4 Å². The molecule has 1 N–H and O–H groups in total. The number of halogens is 1. The third kappa shape index (κ3) is 4.91. The number of carbonyl (C=O) groups excluding carboxylic acids is 2. The molecule has 0 bridgehead atoms. The van der Waals surface area contributed by atoms with E-state index in [2.05, 4.69) is 10.3 Å². The van der Waals surface area contributed by atoms with Crippen molar-refractivity contribution in [2.75, 3.05) is 11.9 Å². The van der Waals surface area contributed by atoms with Gasteiger partial charge in [0.15, 0.2) is 5.13 Å². The highest BCUT2D eigenvalue weighted by atomic mass is 35.5. The molecule has 128 valence electrons. The van der Waals surface area contributed by atoms with Crippen molar-refractivity contribution in [3.05, 3.63) is 10.6 Å². The summed E-state index contributed by atoms with van der Waals surface area (Å²) >= 11 is 7.42. The summed E-state index contributed by atoms with van der Waals surface area (Å²) in [6.45, 7) is 5.58. The van der Waals surface area contributed by atoms with E-state index in [4.69, 9.17) is 11.6 Å². The summed E-state index contributed by atoms with van der Waals surface area (Å²) in [5.41, 5.74) is 0.917. The number of nitrogens with zero attached hydrogens (tertiary/aromatic N) is 2. The molecule has 1 unspecified atom stereocenters. The lowest BCUT2D eigenvalue weighted by Gasteiger charge is -2.34. The summed E-state index contributed by atoms with van der Waals surface area (Å²) in [5, 5.41) is 2.77. The molecule has 0 saturated heterocycles. The molecule has 23 heavy (non-hydrogen) atoms. The lowest BCUT2D eigenvalue weighted by molar-refractivity contribution is -0.137. The van der Waals surface area contributed by atoms with Gasteiger partial charge >= 0.3 is 0 Å². The Morgan fingerprint density at radius 2 is 2.00 bits per heavy atom. The SMILES string of the molecule is Cc1nc(NC(=O)CN(C(=O)C(C)Cl)C2CCCCC2)sc1C. The molecule has 2 amide bonds. The first-order chi connectivity index (χ1) is 10.9. The molecule has 1 heterocycles. The van der Waals surface area contributed by atoms with Crippen molar-refractivity contribution in [2.24, 2.45) is 0 Å². The van der Waals surface area contributed by atoms with E-state index in [9.17, 15) is 9.59 Å². The summed E-state index contributed by atoms with van der Waals surface area (Å²) in [6, 6.07) is 0.114. The molecule has 0 spiro atoms. The molecule has 2 rings (SSSR count). The van der Waals surface area contributed by atoms with Gasteiger partial charge in [0.1, 0.15) is 11.9 Å². The van der Waals surface area contributed by atoms with Crippen LogP contribution in [-0.2, 0) is 9.59 Å². The monoisotopic (exact) mass is 357 g/mol. The van der Waals surface area contributed by atoms with Gasteiger partial charge < -0.3 is 10.2 Å². The first-order valence-electron chi connectivity index (χ1n) is 8.07. The molecular formula is C16H24ClN3O2S. The number of amides is 2. The van der Waals surface area contributed by atoms with Crippen LogP contribution in [0.3, 0.4) is 0 Å². The minimum atomic E-state index is -0.617. The van der Waals surface area contributed by atoms with Crippen LogP contribution in [-0.4, -0.2) is 39.7 Å². The van der Waals surface area contributed by atoms with Crippen molar-refractivity contribution in [3.63, 3.8) is 0 Å². The molecule has 0 aliphatic heterocycles. The summed E-state index contributed by atoms with van der Waals surface area (Å²) in [7, 11) is 0. The van der Waals surface area contributed by atoms with Crippen LogP contribution in [0.1, 0.15) is 49.6 Å². The number of carbonyl (C=O) groups is 2. The second kappa shape index (κ2) is 8.11. The minimum absolute atomic E-state index is 0.0399. The molecule has 1 aromatic heterocycles. The Bertz CT molecular complexity index is 548. The zero-order chi connectivity index (χ0) is 17.0. The highest BCUT2D eigenvalue weighted by molar-refractivity contribution is 7.15. The quantitative estimate of drug-likeness (QED) is 0.820. The third-order valence-corrected chi connectivity index (χ3v) is 5.40. The number of aromatic nitrogens is 1. The molecule has 5 nitrogen and oxygen atoms in total. The van der Waals surface area contributed by atoms with Crippen molar-refractivity contribution in [1.82, 2.24) is 9.88 Å². The largest absolute Gasteiger partial charge is 0.329 e. The number of nitrogens with one attached hydrogen (secondary N) is 1. The van der Waals surface area contributed by atoms with E-state index in [1.54, 1.807) is 11.8 Å². The van der Waals surface area contributed by atoms with Crippen LogP contribution in [0.25, 0.3) is 0 Å². The van der Waals surface area contributed by atoms with E-state index in [1.165, 1.54) is 17.8 Å². The molecule has 1 fully saturated rings. The fourth-order valence-corrected chi connectivity index (χ4v) is 3.80. The van der Waals surface area contributed by atoms with E-state index in [0.717, 1.165) is 36.3 Å². The van der Waals surface area contributed by atoms with E-state index in [1.807, 2.05) is 13.8 Å². The van der Waals surface area contributed by atoms with Crippen molar-refractivity contribution in [2.45, 2.75) is 64.3 Å². The van der Waals surface area contributed by atoms with Gasteiger partial charge in [-0.3, -0.25) is 9.59 Å². The van der Waals surface area contributed by atoms with Crippen LogP contribution in [0.4, 0.5) is 5.13 Å². The molecule has 1 atom stereocenters. The van der Waals surface area contributed by atoms with Crippen LogP contribution >= 0.6 is 22.9 Å². The molecule has 1 aliphatic carbocycles. The summed E-state index contributed by atoms with van der Waals surface area (Å²) in [5.74, 6) is -0.379. The van der Waals surface area contributed by atoms with Crippen molar-refractivity contribution < 1.29 is 9.59 Å². The maximum absolute atomic E-state index is 12.4. The highest BCUT2D eigenvalue weighted by Crippen LogP contribution is 2.24. The highest BCUT2D eigenvalue weighted by Gasteiger charge is 2.29. The Morgan fingerprint density at radius 3 is 2.52 bits per heavy atom. The average Bonchev–Trinajstić information content (AvgIpc) is 2.82. The van der Waals surface area contributed by atoms with Gasteiger partial charge in [-0.1, -0.05) is 19.3 Å². The molecule has 7 heteroatoms. The lowest BCUT2D eigenvalue weighted by atomic mass is 9.94. The van der Waals surface area contributed by atoms with Crippen LogP contribution in [0.2, 0.25) is 0 Å². The number of rotatable bonds is 5. The Morgan fingerprint density at radius 1 is 1.35 bits per heavy atom. The number of thiazole rings is 1. The Labute approximate surface area is 146 Å². The second-order valence-electron chi connectivity index (χ2n) is 6.08. The zero-order valence-electron chi connectivity index (χ0n) is 13.9. The van der Waals surface area contributed by atoms with E-state index in [0.29, 0.717) is 5.13 Å². The minimum Gasteiger partial charge on any atom is -0.329 e. The lowest BCUT2D eigenvalue weighted by Crippen LogP contribution is -2.48. The smallest absolute Gasteiger partial charge is 0.245 e. The fraction of sp³-hybridized carbons (Fsp3) is 0.688. The number of alkyl halides is 1. The van der Waals surface area contributed by atoms with Crippen LogP contribution in [0.15, 0.2) is 0 Å². The van der Waals surface area contributed by atoms with E-state index >= 15 is 0 Å². The maximum Gasteiger partial charge on any atom is 0.245 e. The fourth-order valence-electron chi connectivity index (χ4n) is 2.85. The molecular weight excluding hydrogens is 334 g/mol. The first kappa shape index (κ1) is 18.2. The first-order valence-corrected chi connectivity index (χ1v) is 9.32. The van der Waals surface area contributed by atoms with Gasteiger partial charge in [-0.2, -0.15) is 0 Å². The van der Waals surface area contributed by atoms with Crippen molar-refractivity contribution in [1.29, 1.82) is 0 Å².